The lowest BCUT2D eigenvalue weighted by atomic mass is 10.1. The Kier molecular flexibility index (Phi) is 3.66. The topological polar surface area (TPSA) is 24.4 Å². The van der Waals surface area contributed by atoms with Crippen LogP contribution in [0.25, 0.3) is 0 Å². The van der Waals surface area contributed by atoms with Crippen molar-refractivity contribution in [3.05, 3.63) is 34.3 Å². The Hall–Kier alpha value is -0.480. The fraction of sp³-hybridized carbons (Fsp3) is 0.500. The Labute approximate surface area is 121 Å². The van der Waals surface area contributed by atoms with Gasteiger partial charge in [-0.1, -0.05) is 39.8 Å². The van der Waals surface area contributed by atoms with E-state index in [1.807, 2.05) is 11.8 Å². The molecule has 3 rings (SSSR count). The van der Waals surface area contributed by atoms with Gasteiger partial charge in [0, 0.05) is 9.72 Å². The second-order valence-electron chi connectivity index (χ2n) is 5.06. The Morgan fingerprint density at radius 3 is 3.00 bits per heavy atom. The van der Waals surface area contributed by atoms with Crippen molar-refractivity contribution in [2.24, 2.45) is 10.9 Å². The van der Waals surface area contributed by atoms with Gasteiger partial charge in [-0.2, -0.15) is 0 Å². The van der Waals surface area contributed by atoms with Crippen LogP contribution in [0.3, 0.4) is 0 Å². The van der Waals surface area contributed by atoms with Gasteiger partial charge < -0.3 is 5.32 Å². The Morgan fingerprint density at radius 1 is 1.44 bits per heavy atom. The van der Waals surface area contributed by atoms with Gasteiger partial charge in [-0.05, 0) is 43.4 Å². The van der Waals surface area contributed by atoms with Gasteiger partial charge in [-0.15, -0.1) is 0 Å². The van der Waals surface area contributed by atoms with E-state index in [4.69, 9.17) is 0 Å². The molecule has 1 fully saturated rings. The van der Waals surface area contributed by atoms with E-state index in [9.17, 15) is 0 Å². The molecule has 2 atom stereocenters. The van der Waals surface area contributed by atoms with E-state index in [0.29, 0.717) is 6.04 Å². The predicted octanol–water partition coefficient (Wildman–Crippen LogP) is 3.98. The molecule has 1 aliphatic heterocycles. The zero-order chi connectivity index (χ0) is 12.5. The summed E-state index contributed by atoms with van der Waals surface area (Å²) >= 11 is 5.45. The molecular weight excluding hydrogens is 308 g/mol. The minimum absolute atomic E-state index is 0.312. The zero-order valence-corrected chi connectivity index (χ0v) is 12.8. The number of benzene rings is 1. The lowest BCUT2D eigenvalue weighted by Gasteiger charge is -2.16. The summed E-state index contributed by atoms with van der Waals surface area (Å²) in [5.41, 5.74) is 1.29. The van der Waals surface area contributed by atoms with Crippen LogP contribution in [-0.2, 0) is 0 Å². The fourth-order valence-electron chi connectivity index (χ4n) is 2.23. The molecule has 1 aromatic rings. The molecule has 1 heterocycles. The molecule has 1 N–H and O–H groups in total. The van der Waals surface area contributed by atoms with Gasteiger partial charge in [0.15, 0.2) is 5.17 Å². The van der Waals surface area contributed by atoms with E-state index in [1.165, 1.54) is 18.4 Å². The minimum Gasteiger partial charge on any atom is -0.358 e. The summed E-state index contributed by atoms with van der Waals surface area (Å²) in [4.78, 5) is 4.62. The number of nitrogens with zero attached hydrogens (tertiary/aromatic N) is 1. The average Bonchev–Trinajstić information content (AvgIpc) is 3.11. The van der Waals surface area contributed by atoms with E-state index in [0.717, 1.165) is 27.4 Å². The molecule has 0 saturated heterocycles. The number of thioether (sulfide) groups is 1. The van der Waals surface area contributed by atoms with Crippen LogP contribution < -0.4 is 5.32 Å². The lowest BCUT2D eigenvalue weighted by Crippen LogP contribution is -2.23. The van der Waals surface area contributed by atoms with Crippen molar-refractivity contribution in [2.45, 2.75) is 31.1 Å². The monoisotopic (exact) mass is 324 g/mol. The molecule has 0 radical (unpaired) electrons. The zero-order valence-electron chi connectivity index (χ0n) is 10.4. The second-order valence-corrected chi connectivity index (χ2v) is 7.20. The number of hydrogen-bond acceptors (Lipinski definition) is 3. The molecule has 96 valence electrons. The van der Waals surface area contributed by atoms with E-state index in [1.54, 1.807) is 0 Å². The highest BCUT2D eigenvalue weighted by molar-refractivity contribution is 9.10. The first-order valence-corrected chi connectivity index (χ1v) is 8.13. The number of rotatable bonds is 3. The second kappa shape index (κ2) is 5.25. The van der Waals surface area contributed by atoms with Crippen LogP contribution in [0.2, 0.25) is 0 Å². The molecular formula is C14H17BrN2S. The molecule has 0 spiro atoms. The molecule has 2 unspecified atom stereocenters. The molecule has 0 bridgehead atoms. The molecule has 4 heteroatoms. The van der Waals surface area contributed by atoms with Crippen molar-refractivity contribution >= 4 is 32.9 Å². The van der Waals surface area contributed by atoms with Gasteiger partial charge in [-0.25, -0.2) is 0 Å². The average molecular weight is 325 g/mol. The maximum atomic E-state index is 4.62. The highest BCUT2D eigenvalue weighted by atomic mass is 79.9. The van der Waals surface area contributed by atoms with Crippen LogP contribution in [0.4, 0.5) is 0 Å². The van der Waals surface area contributed by atoms with Crippen LogP contribution in [0, 0.1) is 5.92 Å². The lowest BCUT2D eigenvalue weighted by molar-refractivity contribution is 0.720. The summed E-state index contributed by atoms with van der Waals surface area (Å²) < 4.78 is 1.13. The molecule has 0 amide bonds. The number of hydrogen-bond donors (Lipinski definition) is 1. The van der Waals surface area contributed by atoms with Crippen LogP contribution in [0.5, 0.6) is 0 Å². The maximum Gasteiger partial charge on any atom is 0.157 e. The summed E-state index contributed by atoms with van der Waals surface area (Å²) in [6.45, 7) is 3.19. The first-order chi connectivity index (χ1) is 8.72. The normalized spacial score (nSPS) is 24.8. The molecule has 18 heavy (non-hydrogen) atoms. The Bertz CT molecular complexity index is 471. The van der Waals surface area contributed by atoms with Gasteiger partial charge in [0.05, 0.1) is 12.6 Å². The number of aliphatic imine (C=N–C) groups is 1. The van der Waals surface area contributed by atoms with E-state index in [2.05, 4.69) is 57.4 Å². The summed E-state index contributed by atoms with van der Waals surface area (Å²) in [5.74, 6) is 0.930. The smallest absolute Gasteiger partial charge is 0.157 e. The van der Waals surface area contributed by atoms with E-state index >= 15 is 0 Å². The highest BCUT2D eigenvalue weighted by Crippen LogP contribution is 2.41. The SMILES string of the molecule is CC(NC1=NCC(C2CC2)S1)c1cccc(Br)c1. The molecule has 1 aromatic carbocycles. The van der Waals surface area contributed by atoms with Gasteiger partial charge in [0.25, 0.3) is 0 Å². The first kappa shape index (κ1) is 12.5. The number of amidine groups is 1. The van der Waals surface area contributed by atoms with Crippen molar-refractivity contribution in [3.63, 3.8) is 0 Å². The van der Waals surface area contributed by atoms with Gasteiger partial charge in [0.2, 0.25) is 0 Å². The van der Waals surface area contributed by atoms with Crippen molar-refractivity contribution in [1.82, 2.24) is 5.32 Å². The van der Waals surface area contributed by atoms with Crippen molar-refractivity contribution < 1.29 is 0 Å². The molecule has 0 aromatic heterocycles. The maximum absolute atomic E-state index is 4.62. The Balaban J connectivity index is 1.59. The fourth-order valence-corrected chi connectivity index (χ4v) is 3.94. The third kappa shape index (κ3) is 2.91. The standard InChI is InChI=1S/C14H17BrN2S/c1-9(11-3-2-4-12(15)7-11)17-14-16-8-13(18-14)10-5-6-10/h2-4,7,9-10,13H,5-6,8H2,1H3,(H,16,17). The molecule has 2 aliphatic rings. The number of nitrogens with one attached hydrogen (secondary N) is 1. The number of halogens is 1. The molecule has 1 saturated carbocycles. The van der Waals surface area contributed by atoms with Crippen molar-refractivity contribution in [3.8, 4) is 0 Å². The third-order valence-corrected chi connectivity index (χ3v) is 5.31. The van der Waals surface area contributed by atoms with Crippen LogP contribution in [0.1, 0.15) is 31.4 Å². The summed E-state index contributed by atoms with van der Waals surface area (Å²) in [6, 6.07) is 8.76. The summed E-state index contributed by atoms with van der Waals surface area (Å²) in [6.07, 6.45) is 2.81. The van der Waals surface area contributed by atoms with E-state index in [-0.39, 0.29) is 0 Å². The quantitative estimate of drug-likeness (QED) is 0.909. The largest absolute Gasteiger partial charge is 0.358 e. The third-order valence-electron chi connectivity index (χ3n) is 3.51. The van der Waals surface area contributed by atoms with Crippen LogP contribution in [0.15, 0.2) is 33.7 Å². The molecule has 1 aliphatic carbocycles. The van der Waals surface area contributed by atoms with Crippen LogP contribution >= 0.6 is 27.7 Å². The van der Waals surface area contributed by atoms with Gasteiger partial charge in [-0.3, -0.25) is 4.99 Å². The van der Waals surface area contributed by atoms with Crippen molar-refractivity contribution in [2.75, 3.05) is 6.54 Å². The highest BCUT2D eigenvalue weighted by Gasteiger charge is 2.35. The Morgan fingerprint density at radius 2 is 2.28 bits per heavy atom. The summed E-state index contributed by atoms with van der Waals surface area (Å²) in [7, 11) is 0. The van der Waals surface area contributed by atoms with Gasteiger partial charge in [0.1, 0.15) is 0 Å². The minimum atomic E-state index is 0.312. The van der Waals surface area contributed by atoms with Crippen LogP contribution in [-0.4, -0.2) is 17.0 Å². The first-order valence-electron chi connectivity index (χ1n) is 6.45. The summed E-state index contributed by atoms with van der Waals surface area (Å²) in [5, 5.41) is 5.39. The van der Waals surface area contributed by atoms with Gasteiger partial charge >= 0.3 is 0 Å². The van der Waals surface area contributed by atoms with E-state index < -0.39 is 0 Å². The van der Waals surface area contributed by atoms with Crippen molar-refractivity contribution in [1.29, 1.82) is 0 Å². The predicted molar refractivity (Wildman–Crippen MR) is 82.1 cm³/mol. The molecule has 2 nitrogen and oxygen atoms in total.